The molecule has 0 radical (unpaired) electrons. The van der Waals surface area contributed by atoms with Gasteiger partial charge < -0.3 is 14.2 Å². The topological polar surface area (TPSA) is 55.6 Å². The van der Waals surface area contributed by atoms with Crippen molar-refractivity contribution in [1.82, 2.24) is 10.1 Å². The number of likely N-dealkylation sites (N-methyl/N-ethyl adjacent to an activating group) is 1. The highest BCUT2D eigenvalue weighted by Crippen LogP contribution is 2.18. The zero-order chi connectivity index (χ0) is 16.9. The van der Waals surface area contributed by atoms with Gasteiger partial charge in [-0.25, -0.2) is 4.39 Å². The quantitative estimate of drug-likeness (QED) is 0.698. The lowest BCUT2D eigenvalue weighted by molar-refractivity contribution is -0.129. The normalized spacial score (nSPS) is 10.8. The van der Waals surface area contributed by atoms with Crippen LogP contribution in [0.25, 0.3) is 11.0 Å². The molecule has 0 saturated carbocycles. The predicted molar refractivity (Wildman–Crippen MR) is 87.2 cm³/mol. The summed E-state index contributed by atoms with van der Waals surface area (Å²) in [5, 5.41) is 4.81. The van der Waals surface area contributed by atoms with Crippen molar-refractivity contribution in [2.24, 2.45) is 0 Å². The molecule has 0 bridgehead atoms. The van der Waals surface area contributed by atoms with Crippen molar-refractivity contribution in [3.8, 4) is 5.75 Å². The number of hydrogen-bond donors (Lipinski definition) is 0. The number of rotatable bonds is 6. The number of aromatic nitrogens is 1. The first-order valence-electron chi connectivity index (χ1n) is 7.59. The van der Waals surface area contributed by atoms with Gasteiger partial charge in [0, 0.05) is 12.4 Å². The van der Waals surface area contributed by atoms with Crippen LogP contribution >= 0.6 is 0 Å². The van der Waals surface area contributed by atoms with Crippen molar-refractivity contribution in [2.45, 2.75) is 6.42 Å². The molecule has 0 spiro atoms. The molecule has 1 aromatic heterocycles. The molecule has 0 unspecified atom stereocenters. The van der Waals surface area contributed by atoms with E-state index in [0.717, 1.165) is 5.39 Å². The van der Waals surface area contributed by atoms with E-state index < -0.39 is 0 Å². The number of ether oxygens (including phenoxy) is 1. The summed E-state index contributed by atoms with van der Waals surface area (Å²) >= 11 is 0. The van der Waals surface area contributed by atoms with Crippen LogP contribution in [0.15, 0.2) is 53.1 Å². The summed E-state index contributed by atoms with van der Waals surface area (Å²) in [5.74, 6) is 0.186. The summed E-state index contributed by atoms with van der Waals surface area (Å²) in [7, 11) is 1.71. The van der Waals surface area contributed by atoms with Crippen LogP contribution in [0.5, 0.6) is 5.75 Å². The van der Waals surface area contributed by atoms with Crippen molar-refractivity contribution < 1.29 is 18.4 Å². The Balaban J connectivity index is 1.52. The van der Waals surface area contributed by atoms with Gasteiger partial charge in [0.1, 0.15) is 23.9 Å². The van der Waals surface area contributed by atoms with E-state index in [4.69, 9.17) is 9.26 Å². The van der Waals surface area contributed by atoms with Gasteiger partial charge in [-0.15, -0.1) is 0 Å². The fourth-order valence-corrected chi connectivity index (χ4v) is 2.30. The number of fused-ring (bicyclic) bond motifs is 1. The first kappa shape index (κ1) is 16.0. The van der Waals surface area contributed by atoms with E-state index in [2.05, 4.69) is 5.16 Å². The number of halogens is 1. The first-order valence-corrected chi connectivity index (χ1v) is 7.59. The summed E-state index contributed by atoms with van der Waals surface area (Å²) in [5.41, 5.74) is 1.30. The fraction of sp³-hybridized carbons (Fsp3) is 0.222. The van der Waals surface area contributed by atoms with E-state index in [1.54, 1.807) is 24.1 Å². The van der Waals surface area contributed by atoms with E-state index in [0.29, 0.717) is 30.2 Å². The monoisotopic (exact) mass is 328 g/mol. The average molecular weight is 328 g/mol. The maximum atomic E-state index is 12.8. The van der Waals surface area contributed by atoms with Gasteiger partial charge in [-0.2, -0.15) is 0 Å². The molecule has 5 nitrogen and oxygen atoms in total. The van der Waals surface area contributed by atoms with E-state index in [1.807, 2.05) is 24.3 Å². The molecule has 124 valence electrons. The number of para-hydroxylation sites is 1. The summed E-state index contributed by atoms with van der Waals surface area (Å²) < 4.78 is 23.5. The molecule has 0 aliphatic heterocycles. The first-order chi connectivity index (χ1) is 11.6. The molecule has 3 aromatic rings. The summed E-state index contributed by atoms with van der Waals surface area (Å²) in [6, 6.07) is 13.2. The second-order valence-electron chi connectivity index (χ2n) is 5.42. The Kier molecular flexibility index (Phi) is 4.74. The van der Waals surface area contributed by atoms with E-state index in [-0.39, 0.29) is 18.1 Å². The Bertz CT molecular complexity index is 830. The second kappa shape index (κ2) is 7.12. The Labute approximate surface area is 138 Å². The van der Waals surface area contributed by atoms with Crippen LogP contribution in [0.2, 0.25) is 0 Å². The third-order valence-electron chi connectivity index (χ3n) is 3.71. The van der Waals surface area contributed by atoms with Gasteiger partial charge >= 0.3 is 0 Å². The molecule has 0 aliphatic rings. The Morgan fingerprint density at radius 1 is 1.21 bits per heavy atom. The van der Waals surface area contributed by atoms with Crippen LogP contribution in [0.1, 0.15) is 5.69 Å². The minimum absolute atomic E-state index is 0.0724. The molecule has 0 N–H and O–H groups in total. The van der Waals surface area contributed by atoms with Crippen LogP contribution in [0.4, 0.5) is 4.39 Å². The molecule has 24 heavy (non-hydrogen) atoms. The molecule has 0 fully saturated rings. The van der Waals surface area contributed by atoms with Gasteiger partial charge in [0.05, 0.1) is 13.0 Å². The van der Waals surface area contributed by atoms with Crippen LogP contribution in [-0.4, -0.2) is 36.2 Å². The number of benzene rings is 2. The molecule has 2 aromatic carbocycles. The second-order valence-corrected chi connectivity index (χ2v) is 5.42. The van der Waals surface area contributed by atoms with Crippen molar-refractivity contribution in [2.75, 3.05) is 20.2 Å². The fourth-order valence-electron chi connectivity index (χ4n) is 2.30. The Hall–Kier alpha value is -2.89. The van der Waals surface area contributed by atoms with Gasteiger partial charge in [-0.05, 0) is 36.4 Å². The minimum Gasteiger partial charge on any atom is -0.492 e. The summed E-state index contributed by atoms with van der Waals surface area (Å²) in [4.78, 5) is 13.9. The molecule has 0 aliphatic carbocycles. The SMILES string of the molecule is CN(CCOc1ccc(F)cc1)C(=O)Cc1noc2ccccc12. The maximum Gasteiger partial charge on any atom is 0.228 e. The van der Waals surface area contributed by atoms with E-state index >= 15 is 0 Å². The predicted octanol–water partition coefficient (Wildman–Crippen LogP) is 3.05. The van der Waals surface area contributed by atoms with Gasteiger partial charge in [-0.3, -0.25) is 4.79 Å². The van der Waals surface area contributed by atoms with Gasteiger partial charge in [0.15, 0.2) is 5.58 Å². The highest BCUT2D eigenvalue weighted by Gasteiger charge is 2.15. The lowest BCUT2D eigenvalue weighted by atomic mass is 10.1. The van der Waals surface area contributed by atoms with Gasteiger partial charge in [-0.1, -0.05) is 17.3 Å². The van der Waals surface area contributed by atoms with E-state index in [1.165, 1.54) is 12.1 Å². The molecule has 1 amide bonds. The average Bonchev–Trinajstić information content (AvgIpc) is 3.00. The molecule has 0 saturated heterocycles. The van der Waals surface area contributed by atoms with Gasteiger partial charge in [0.25, 0.3) is 0 Å². The lowest BCUT2D eigenvalue weighted by Crippen LogP contribution is -2.32. The Morgan fingerprint density at radius 3 is 2.75 bits per heavy atom. The van der Waals surface area contributed by atoms with Crippen molar-refractivity contribution in [3.05, 3.63) is 60.0 Å². The Morgan fingerprint density at radius 2 is 1.96 bits per heavy atom. The number of carbonyl (C=O) groups is 1. The molecule has 1 heterocycles. The minimum atomic E-state index is -0.311. The number of nitrogens with zero attached hydrogens (tertiary/aromatic N) is 2. The van der Waals surface area contributed by atoms with Crippen molar-refractivity contribution >= 4 is 16.9 Å². The van der Waals surface area contributed by atoms with Crippen LogP contribution in [0.3, 0.4) is 0 Å². The third-order valence-corrected chi connectivity index (χ3v) is 3.71. The van der Waals surface area contributed by atoms with Crippen LogP contribution in [0, 0.1) is 5.82 Å². The molecular weight excluding hydrogens is 311 g/mol. The lowest BCUT2D eigenvalue weighted by Gasteiger charge is -2.17. The van der Waals surface area contributed by atoms with Crippen molar-refractivity contribution in [3.63, 3.8) is 0 Å². The molecular formula is C18H17FN2O3. The van der Waals surface area contributed by atoms with Crippen LogP contribution < -0.4 is 4.74 Å². The number of hydrogen-bond acceptors (Lipinski definition) is 4. The van der Waals surface area contributed by atoms with E-state index in [9.17, 15) is 9.18 Å². The maximum absolute atomic E-state index is 12.8. The van der Waals surface area contributed by atoms with Crippen LogP contribution in [-0.2, 0) is 11.2 Å². The zero-order valence-electron chi connectivity index (χ0n) is 13.2. The third kappa shape index (κ3) is 3.71. The summed E-state index contributed by atoms with van der Waals surface area (Å²) in [6.45, 7) is 0.749. The molecule has 6 heteroatoms. The molecule has 3 rings (SSSR count). The largest absolute Gasteiger partial charge is 0.492 e. The van der Waals surface area contributed by atoms with Gasteiger partial charge in [0.2, 0.25) is 5.91 Å². The highest BCUT2D eigenvalue weighted by atomic mass is 19.1. The number of amides is 1. The number of carbonyl (C=O) groups excluding carboxylic acids is 1. The smallest absolute Gasteiger partial charge is 0.228 e. The highest BCUT2D eigenvalue weighted by molar-refractivity contribution is 5.86. The zero-order valence-corrected chi connectivity index (χ0v) is 13.2. The van der Waals surface area contributed by atoms with Crippen molar-refractivity contribution in [1.29, 1.82) is 0 Å². The summed E-state index contributed by atoms with van der Waals surface area (Å²) in [6.07, 6.45) is 0.171. The molecule has 0 atom stereocenters. The standard InChI is InChI=1S/C18H17FN2O3/c1-21(10-11-23-14-8-6-13(19)7-9-14)18(22)12-16-15-4-2-3-5-17(15)24-20-16/h2-9H,10-12H2,1H3.